The van der Waals surface area contributed by atoms with E-state index >= 15 is 0 Å². The topological polar surface area (TPSA) is 73.0 Å². The van der Waals surface area contributed by atoms with E-state index in [-0.39, 0.29) is 11.2 Å². The Bertz CT molecular complexity index is 1040. The summed E-state index contributed by atoms with van der Waals surface area (Å²) in [5.74, 6) is 1.50. The molecule has 0 aliphatic heterocycles. The first-order valence-corrected chi connectivity index (χ1v) is 11.0. The van der Waals surface area contributed by atoms with E-state index in [9.17, 15) is 4.79 Å². The molecule has 6 nitrogen and oxygen atoms in total. The third kappa shape index (κ3) is 4.78. The van der Waals surface area contributed by atoms with Gasteiger partial charge in [-0.2, -0.15) is 0 Å². The Balaban J connectivity index is 1.53. The second-order valence-electron chi connectivity index (χ2n) is 6.38. The van der Waals surface area contributed by atoms with Crippen LogP contribution in [0.25, 0.3) is 5.69 Å². The number of carbonyl (C=O) groups is 1. The minimum Gasteiger partial charge on any atom is -0.467 e. The number of thiophene rings is 1. The molecule has 1 atom stereocenters. The lowest BCUT2D eigenvalue weighted by atomic mass is 10.3. The SMILES string of the molecule is C[C@@H](Sc1nnc(Cc2cccs2)n1-c1ccccc1)C(=O)NCc1ccco1. The molecule has 4 aromatic rings. The molecular weight excluding hydrogens is 404 g/mol. The van der Waals surface area contributed by atoms with Crippen molar-refractivity contribution in [1.29, 1.82) is 0 Å². The Morgan fingerprint density at radius 3 is 2.76 bits per heavy atom. The number of thioether (sulfide) groups is 1. The molecule has 0 aliphatic rings. The minimum absolute atomic E-state index is 0.0752. The minimum atomic E-state index is -0.328. The number of aromatic nitrogens is 3. The van der Waals surface area contributed by atoms with Crippen molar-refractivity contribution in [3.05, 3.63) is 82.7 Å². The molecule has 4 rings (SSSR count). The maximum atomic E-state index is 12.5. The molecule has 1 N–H and O–H groups in total. The number of carbonyl (C=O) groups excluding carboxylic acids is 1. The maximum absolute atomic E-state index is 12.5. The van der Waals surface area contributed by atoms with Crippen LogP contribution in [0.4, 0.5) is 0 Å². The highest BCUT2D eigenvalue weighted by atomic mass is 32.2. The van der Waals surface area contributed by atoms with Gasteiger partial charge in [0.25, 0.3) is 0 Å². The first-order chi connectivity index (χ1) is 14.2. The number of hydrogen-bond acceptors (Lipinski definition) is 6. The Labute approximate surface area is 177 Å². The van der Waals surface area contributed by atoms with Gasteiger partial charge in [0, 0.05) is 17.0 Å². The summed E-state index contributed by atoms with van der Waals surface area (Å²) in [6.07, 6.45) is 2.29. The number of nitrogens with zero attached hydrogens (tertiary/aromatic N) is 3. The van der Waals surface area contributed by atoms with Gasteiger partial charge in [-0.05, 0) is 42.6 Å². The summed E-state index contributed by atoms with van der Waals surface area (Å²) in [6, 6.07) is 17.7. The summed E-state index contributed by atoms with van der Waals surface area (Å²) in [5, 5.41) is 14.1. The van der Waals surface area contributed by atoms with Crippen LogP contribution in [0.5, 0.6) is 0 Å². The zero-order valence-electron chi connectivity index (χ0n) is 15.8. The lowest BCUT2D eigenvalue weighted by Crippen LogP contribution is -2.30. The molecule has 0 unspecified atom stereocenters. The van der Waals surface area contributed by atoms with Gasteiger partial charge >= 0.3 is 0 Å². The molecule has 0 fully saturated rings. The van der Waals surface area contributed by atoms with Gasteiger partial charge in [0.1, 0.15) is 11.6 Å². The number of amides is 1. The van der Waals surface area contributed by atoms with Crippen LogP contribution in [-0.2, 0) is 17.8 Å². The molecule has 1 aromatic carbocycles. The molecule has 0 saturated heterocycles. The third-order valence-electron chi connectivity index (χ3n) is 4.30. The highest BCUT2D eigenvalue weighted by molar-refractivity contribution is 8.00. The van der Waals surface area contributed by atoms with Crippen LogP contribution >= 0.6 is 23.1 Å². The smallest absolute Gasteiger partial charge is 0.233 e. The summed E-state index contributed by atoms with van der Waals surface area (Å²) < 4.78 is 7.29. The van der Waals surface area contributed by atoms with Gasteiger partial charge in [-0.1, -0.05) is 36.0 Å². The van der Waals surface area contributed by atoms with Gasteiger partial charge in [-0.25, -0.2) is 0 Å². The fourth-order valence-corrected chi connectivity index (χ4v) is 4.45. The van der Waals surface area contributed by atoms with E-state index in [1.807, 2.05) is 54.0 Å². The molecule has 0 radical (unpaired) electrons. The Morgan fingerprint density at radius 1 is 1.17 bits per heavy atom. The van der Waals surface area contributed by atoms with Gasteiger partial charge in [0.05, 0.1) is 18.1 Å². The van der Waals surface area contributed by atoms with Crippen LogP contribution in [0.15, 0.2) is 75.8 Å². The quantitative estimate of drug-likeness (QED) is 0.427. The fourth-order valence-electron chi connectivity index (χ4n) is 2.84. The van der Waals surface area contributed by atoms with Crippen molar-refractivity contribution in [2.45, 2.75) is 30.3 Å². The van der Waals surface area contributed by atoms with Crippen LogP contribution < -0.4 is 5.32 Å². The van der Waals surface area contributed by atoms with Crippen molar-refractivity contribution < 1.29 is 9.21 Å². The Morgan fingerprint density at radius 2 is 2.03 bits per heavy atom. The first-order valence-electron chi connectivity index (χ1n) is 9.19. The van der Waals surface area contributed by atoms with E-state index in [0.29, 0.717) is 18.1 Å². The molecule has 1 amide bonds. The van der Waals surface area contributed by atoms with E-state index in [2.05, 4.69) is 27.0 Å². The number of benzene rings is 1. The van der Waals surface area contributed by atoms with Gasteiger partial charge in [0.2, 0.25) is 5.91 Å². The number of rotatable bonds is 8. The van der Waals surface area contributed by atoms with Crippen molar-refractivity contribution in [1.82, 2.24) is 20.1 Å². The van der Waals surface area contributed by atoms with Gasteiger partial charge in [-0.15, -0.1) is 21.5 Å². The van der Waals surface area contributed by atoms with Crippen LogP contribution in [-0.4, -0.2) is 25.9 Å². The average Bonchev–Trinajstić information content (AvgIpc) is 3.50. The maximum Gasteiger partial charge on any atom is 0.233 e. The van der Waals surface area contributed by atoms with E-state index < -0.39 is 0 Å². The van der Waals surface area contributed by atoms with Crippen LogP contribution in [0.1, 0.15) is 23.4 Å². The summed E-state index contributed by atoms with van der Waals surface area (Å²) >= 11 is 3.09. The zero-order chi connectivity index (χ0) is 20.1. The molecule has 148 valence electrons. The van der Waals surface area contributed by atoms with Gasteiger partial charge in [-0.3, -0.25) is 9.36 Å². The lowest BCUT2D eigenvalue weighted by molar-refractivity contribution is -0.120. The summed E-state index contributed by atoms with van der Waals surface area (Å²) in [6.45, 7) is 2.23. The molecule has 3 aromatic heterocycles. The first kappa shape index (κ1) is 19.5. The standard InChI is InChI=1S/C21H20N4O2S2/c1-15(20(26)22-14-17-9-5-11-27-17)29-21-24-23-19(13-18-10-6-12-28-18)25(21)16-7-3-2-4-8-16/h2-12,15H,13-14H2,1H3,(H,22,26)/t15-/m1/s1. The third-order valence-corrected chi connectivity index (χ3v) is 6.21. The number of furan rings is 1. The number of para-hydroxylation sites is 1. The van der Waals surface area contributed by atoms with Crippen molar-refractivity contribution >= 4 is 29.0 Å². The van der Waals surface area contributed by atoms with Gasteiger partial charge < -0.3 is 9.73 Å². The summed E-state index contributed by atoms with van der Waals surface area (Å²) in [7, 11) is 0. The average molecular weight is 425 g/mol. The van der Waals surface area contributed by atoms with E-state index in [0.717, 1.165) is 17.3 Å². The van der Waals surface area contributed by atoms with Crippen LogP contribution in [0, 0.1) is 0 Å². The normalized spacial score (nSPS) is 12.0. The van der Waals surface area contributed by atoms with Crippen molar-refractivity contribution in [3.8, 4) is 5.69 Å². The monoisotopic (exact) mass is 424 g/mol. The Hall–Kier alpha value is -2.84. The molecule has 8 heteroatoms. The lowest BCUT2D eigenvalue weighted by Gasteiger charge is -2.13. The van der Waals surface area contributed by atoms with Crippen molar-refractivity contribution in [2.75, 3.05) is 0 Å². The predicted molar refractivity (Wildman–Crippen MR) is 114 cm³/mol. The molecule has 0 spiro atoms. The summed E-state index contributed by atoms with van der Waals surface area (Å²) in [4.78, 5) is 13.7. The molecule has 3 heterocycles. The second kappa shape index (κ2) is 9.11. The predicted octanol–water partition coefficient (Wildman–Crippen LogP) is 4.31. The highest BCUT2D eigenvalue weighted by Gasteiger charge is 2.21. The molecule has 29 heavy (non-hydrogen) atoms. The van der Waals surface area contributed by atoms with Gasteiger partial charge in [0.15, 0.2) is 5.16 Å². The molecule has 0 aliphatic carbocycles. The number of nitrogens with one attached hydrogen (secondary N) is 1. The van der Waals surface area contributed by atoms with Crippen molar-refractivity contribution in [3.63, 3.8) is 0 Å². The zero-order valence-corrected chi connectivity index (χ0v) is 17.5. The van der Waals surface area contributed by atoms with E-state index in [1.54, 1.807) is 23.7 Å². The molecule has 0 saturated carbocycles. The molecule has 0 bridgehead atoms. The summed E-state index contributed by atoms with van der Waals surface area (Å²) in [5.41, 5.74) is 0.981. The Kier molecular flexibility index (Phi) is 6.12. The highest BCUT2D eigenvalue weighted by Crippen LogP contribution is 2.27. The van der Waals surface area contributed by atoms with Crippen molar-refractivity contribution in [2.24, 2.45) is 0 Å². The van der Waals surface area contributed by atoms with Crippen LogP contribution in [0.3, 0.4) is 0 Å². The second-order valence-corrected chi connectivity index (χ2v) is 8.72. The fraction of sp³-hybridized carbons (Fsp3) is 0.190. The largest absolute Gasteiger partial charge is 0.467 e. The number of hydrogen-bond donors (Lipinski definition) is 1. The molecular formula is C21H20N4O2S2. The van der Waals surface area contributed by atoms with E-state index in [4.69, 9.17) is 4.42 Å². The van der Waals surface area contributed by atoms with E-state index in [1.165, 1.54) is 16.6 Å². The van der Waals surface area contributed by atoms with Crippen LogP contribution in [0.2, 0.25) is 0 Å².